The Labute approximate surface area is 124 Å². The molecule has 0 amide bonds. The summed E-state index contributed by atoms with van der Waals surface area (Å²) in [6.45, 7) is 2.14. The molecule has 1 aromatic carbocycles. The van der Waals surface area contributed by atoms with Crippen molar-refractivity contribution in [1.82, 2.24) is 0 Å². The first-order chi connectivity index (χ1) is 8.48. The van der Waals surface area contributed by atoms with E-state index in [-0.39, 0.29) is 0 Å². The van der Waals surface area contributed by atoms with E-state index in [0.717, 1.165) is 33.8 Å². The van der Waals surface area contributed by atoms with Crippen molar-refractivity contribution in [2.24, 2.45) is 11.3 Å². The fourth-order valence-corrected chi connectivity index (χ4v) is 3.39. The second-order valence-electron chi connectivity index (χ2n) is 5.19. The summed E-state index contributed by atoms with van der Waals surface area (Å²) in [4.78, 5) is 0. The van der Waals surface area contributed by atoms with Crippen LogP contribution in [0.4, 0.5) is 0 Å². The zero-order valence-electron chi connectivity index (χ0n) is 10.2. The fraction of sp³-hybridized carbons (Fsp3) is 0.500. The van der Waals surface area contributed by atoms with Crippen molar-refractivity contribution >= 4 is 31.9 Å². The Balaban J connectivity index is 2.32. The summed E-state index contributed by atoms with van der Waals surface area (Å²) in [5, 5.41) is 20.0. The van der Waals surface area contributed by atoms with Gasteiger partial charge in [-0.2, -0.15) is 5.26 Å². The van der Waals surface area contributed by atoms with Gasteiger partial charge >= 0.3 is 0 Å². The lowest BCUT2D eigenvalue weighted by Gasteiger charge is -2.27. The zero-order chi connectivity index (χ0) is 13.3. The molecule has 0 spiro atoms. The second kappa shape index (κ2) is 5.32. The first-order valence-corrected chi connectivity index (χ1v) is 7.61. The van der Waals surface area contributed by atoms with Gasteiger partial charge in [0.2, 0.25) is 0 Å². The van der Waals surface area contributed by atoms with Gasteiger partial charge in [-0.15, -0.1) is 0 Å². The summed E-state index contributed by atoms with van der Waals surface area (Å²) in [6.07, 6.45) is 1.86. The molecule has 0 aromatic heterocycles. The summed E-state index contributed by atoms with van der Waals surface area (Å²) in [7, 11) is 0. The molecule has 4 heteroatoms. The Bertz CT molecular complexity index is 497. The van der Waals surface area contributed by atoms with Crippen molar-refractivity contribution in [2.45, 2.75) is 32.3 Å². The van der Waals surface area contributed by atoms with Crippen molar-refractivity contribution in [3.63, 3.8) is 0 Å². The first-order valence-electron chi connectivity index (χ1n) is 6.03. The van der Waals surface area contributed by atoms with E-state index in [2.05, 4.69) is 44.9 Å². The molecule has 96 valence electrons. The van der Waals surface area contributed by atoms with Gasteiger partial charge < -0.3 is 5.11 Å². The second-order valence-corrected chi connectivity index (χ2v) is 6.90. The molecule has 0 aliphatic heterocycles. The minimum Gasteiger partial charge on any atom is -0.387 e. The van der Waals surface area contributed by atoms with E-state index in [1.165, 1.54) is 0 Å². The largest absolute Gasteiger partial charge is 0.387 e. The lowest BCUT2D eigenvalue weighted by atomic mass is 9.78. The van der Waals surface area contributed by atoms with Crippen LogP contribution >= 0.6 is 31.9 Å². The molecule has 1 fully saturated rings. The molecule has 3 atom stereocenters. The van der Waals surface area contributed by atoms with Gasteiger partial charge in [0.1, 0.15) is 0 Å². The van der Waals surface area contributed by atoms with Gasteiger partial charge in [0.15, 0.2) is 0 Å². The Morgan fingerprint density at radius 3 is 2.67 bits per heavy atom. The maximum atomic E-state index is 10.5. The summed E-state index contributed by atoms with van der Waals surface area (Å²) in [5.41, 5.74) is 0.188. The van der Waals surface area contributed by atoms with Crippen LogP contribution in [0.25, 0.3) is 0 Å². The van der Waals surface area contributed by atoms with Crippen molar-refractivity contribution < 1.29 is 5.11 Å². The third-order valence-electron chi connectivity index (χ3n) is 3.80. The molecule has 1 saturated carbocycles. The van der Waals surface area contributed by atoms with Crippen LogP contribution in [0.2, 0.25) is 0 Å². The molecule has 0 bridgehead atoms. The normalized spacial score (nSPS) is 28.9. The molecule has 1 aliphatic rings. The highest BCUT2D eigenvalue weighted by molar-refractivity contribution is 9.13. The maximum Gasteiger partial charge on any atom is 0.0976 e. The highest BCUT2D eigenvalue weighted by Crippen LogP contribution is 2.49. The van der Waals surface area contributed by atoms with Crippen LogP contribution in [-0.2, 0) is 0 Å². The number of hydrogen-bond donors (Lipinski definition) is 1. The molecule has 2 rings (SSSR count). The predicted molar refractivity (Wildman–Crippen MR) is 77.9 cm³/mol. The Morgan fingerprint density at radius 1 is 1.44 bits per heavy atom. The number of benzene rings is 1. The number of nitriles is 1. The van der Waals surface area contributed by atoms with E-state index >= 15 is 0 Å². The summed E-state index contributed by atoms with van der Waals surface area (Å²) in [6, 6.07) is 8.02. The maximum absolute atomic E-state index is 10.5. The van der Waals surface area contributed by atoms with Gasteiger partial charge in [0, 0.05) is 8.95 Å². The summed E-state index contributed by atoms with van der Waals surface area (Å²) < 4.78 is 1.85. The van der Waals surface area contributed by atoms with Crippen molar-refractivity contribution in [3.05, 3.63) is 32.7 Å². The molecule has 1 N–H and O–H groups in total. The topological polar surface area (TPSA) is 44.0 Å². The van der Waals surface area contributed by atoms with Crippen LogP contribution in [0.15, 0.2) is 27.1 Å². The molecular weight excluding hydrogens is 358 g/mol. The SMILES string of the molecule is CC1CCC(C#N)(C(O)c2ccc(Br)c(Br)c2)C1. The lowest BCUT2D eigenvalue weighted by Crippen LogP contribution is -2.24. The van der Waals surface area contributed by atoms with E-state index in [9.17, 15) is 10.4 Å². The summed E-state index contributed by atoms with van der Waals surface area (Å²) >= 11 is 6.84. The highest BCUT2D eigenvalue weighted by Gasteiger charge is 2.44. The Hall–Kier alpha value is -0.370. The van der Waals surface area contributed by atoms with E-state index in [1.54, 1.807) is 0 Å². The summed E-state index contributed by atoms with van der Waals surface area (Å²) in [5.74, 6) is 0.512. The third-order valence-corrected chi connectivity index (χ3v) is 5.68. The van der Waals surface area contributed by atoms with E-state index in [1.807, 2.05) is 18.2 Å². The molecule has 0 radical (unpaired) electrons. The van der Waals surface area contributed by atoms with Gasteiger partial charge in [0.05, 0.1) is 17.6 Å². The molecule has 1 aromatic rings. The van der Waals surface area contributed by atoms with Crippen molar-refractivity contribution in [2.75, 3.05) is 0 Å². The average molecular weight is 373 g/mol. The number of hydrogen-bond acceptors (Lipinski definition) is 2. The molecule has 18 heavy (non-hydrogen) atoms. The molecule has 0 saturated heterocycles. The average Bonchev–Trinajstić information content (AvgIpc) is 2.75. The van der Waals surface area contributed by atoms with Gasteiger partial charge in [-0.25, -0.2) is 0 Å². The van der Waals surface area contributed by atoms with Gasteiger partial charge in [-0.05, 0) is 74.7 Å². The van der Waals surface area contributed by atoms with E-state index in [0.29, 0.717) is 5.92 Å². The Kier molecular flexibility index (Phi) is 4.15. The molecular formula is C14H15Br2NO. The number of nitrogens with zero attached hydrogens (tertiary/aromatic N) is 1. The number of aliphatic hydroxyl groups excluding tert-OH is 1. The molecule has 3 unspecified atom stereocenters. The standard InChI is InChI=1S/C14H15Br2NO/c1-9-4-5-14(7-9,8-17)13(18)10-2-3-11(15)12(16)6-10/h2-3,6,9,13,18H,4-5,7H2,1H3. The van der Waals surface area contributed by atoms with Crippen LogP contribution in [0, 0.1) is 22.7 Å². The van der Waals surface area contributed by atoms with Crippen LogP contribution in [0.3, 0.4) is 0 Å². The minimum atomic E-state index is -0.711. The third kappa shape index (κ3) is 2.49. The van der Waals surface area contributed by atoms with Crippen LogP contribution < -0.4 is 0 Å². The highest BCUT2D eigenvalue weighted by atomic mass is 79.9. The lowest BCUT2D eigenvalue weighted by molar-refractivity contribution is 0.0646. The fourth-order valence-electron chi connectivity index (χ4n) is 2.74. The number of rotatable bonds is 2. The van der Waals surface area contributed by atoms with Crippen molar-refractivity contribution in [1.29, 1.82) is 5.26 Å². The molecule has 2 nitrogen and oxygen atoms in total. The quantitative estimate of drug-likeness (QED) is 0.825. The minimum absolute atomic E-state index is 0.512. The predicted octanol–water partition coefficient (Wildman–Crippen LogP) is 4.57. The zero-order valence-corrected chi connectivity index (χ0v) is 13.3. The van der Waals surface area contributed by atoms with Gasteiger partial charge in [0.25, 0.3) is 0 Å². The smallest absolute Gasteiger partial charge is 0.0976 e. The van der Waals surface area contributed by atoms with Gasteiger partial charge in [-0.3, -0.25) is 0 Å². The van der Waals surface area contributed by atoms with E-state index in [4.69, 9.17) is 0 Å². The van der Waals surface area contributed by atoms with Crippen molar-refractivity contribution in [3.8, 4) is 6.07 Å². The van der Waals surface area contributed by atoms with Crippen LogP contribution in [0.1, 0.15) is 37.9 Å². The molecule has 0 heterocycles. The Morgan fingerprint density at radius 2 is 2.17 bits per heavy atom. The van der Waals surface area contributed by atoms with E-state index < -0.39 is 11.5 Å². The van der Waals surface area contributed by atoms with Crippen LogP contribution in [0.5, 0.6) is 0 Å². The van der Waals surface area contributed by atoms with Gasteiger partial charge in [-0.1, -0.05) is 13.0 Å². The number of halogens is 2. The molecule has 1 aliphatic carbocycles. The first kappa shape index (κ1) is 14.0. The number of aliphatic hydroxyl groups is 1. The monoisotopic (exact) mass is 371 g/mol. The van der Waals surface area contributed by atoms with Crippen LogP contribution in [-0.4, -0.2) is 5.11 Å².